The monoisotopic (exact) mass is 302 g/mol. The minimum Gasteiger partial charge on any atom is -0.476 e. The van der Waals surface area contributed by atoms with Crippen LogP contribution in [0, 0.1) is 0 Å². The number of nitrogens with zero attached hydrogens (tertiary/aromatic N) is 2. The Morgan fingerprint density at radius 3 is 2.45 bits per heavy atom. The van der Waals surface area contributed by atoms with Crippen molar-refractivity contribution in [3.63, 3.8) is 0 Å². The molecule has 0 atom stereocenters. The van der Waals surface area contributed by atoms with E-state index in [0.29, 0.717) is 0 Å². The Morgan fingerprint density at radius 1 is 1.25 bits per heavy atom. The Labute approximate surface area is 112 Å². The van der Waals surface area contributed by atoms with E-state index < -0.39 is 26.5 Å². The van der Waals surface area contributed by atoms with Gasteiger partial charge in [0.25, 0.3) is 0 Å². The Balaban J connectivity index is 2.61. The molecule has 0 aliphatic rings. The number of aromatic carboxylic acids is 1. The van der Waals surface area contributed by atoms with E-state index in [1.807, 2.05) is 0 Å². The van der Waals surface area contributed by atoms with Crippen LogP contribution in [0.2, 0.25) is 0 Å². The number of aromatic nitrogens is 2. The number of carbonyl (C=O) groups is 1. The fraction of sp³-hybridized carbons (Fsp3) is 0.0909. The van der Waals surface area contributed by atoms with E-state index in [1.165, 1.54) is 24.4 Å². The molecule has 1 N–H and O–H groups in total. The second kappa shape index (κ2) is 5.00. The molecule has 9 heteroatoms. The molecule has 0 unspecified atom stereocenters. The molecule has 0 fully saturated rings. The number of rotatable bonds is 4. The van der Waals surface area contributed by atoms with Gasteiger partial charge in [-0.05, 0) is 18.2 Å². The lowest BCUT2D eigenvalue weighted by Crippen LogP contribution is -2.14. The lowest BCUT2D eigenvalue weighted by molar-refractivity contribution is 0.0690. The minimum absolute atomic E-state index is 0.139. The van der Waals surface area contributed by atoms with Crippen molar-refractivity contribution < 1.29 is 27.1 Å². The lowest BCUT2D eigenvalue weighted by atomic mass is 10.3. The third kappa shape index (κ3) is 2.39. The summed E-state index contributed by atoms with van der Waals surface area (Å²) in [5.74, 6) is -4.88. The highest BCUT2D eigenvalue weighted by atomic mass is 32.2. The fourth-order valence-electron chi connectivity index (χ4n) is 1.56. The molecule has 0 saturated carbocycles. The molecule has 0 spiro atoms. The highest BCUT2D eigenvalue weighted by Crippen LogP contribution is 2.24. The Bertz CT molecular complexity index is 755. The van der Waals surface area contributed by atoms with E-state index in [4.69, 9.17) is 5.11 Å². The summed E-state index contributed by atoms with van der Waals surface area (Å²) in [5, 5.41) is 12.4. The number of alkyl halides is 2. The summed E-state index contributed by atoms with van der Waals surface area (Å²) in [4.78, 5) is 10.1. The maximum atomic E-state index is 12.6. The molecule has 106 valence electrons. The third-order valence-corrected chi connectivity index (χ3v) is 3.89. The minimum atomic E-state index is -4.81. The summed E-state index contributed by atoms with van der Waals surface area (Å²) >= 11 is 0. The van der Waals surface area contributed by atoms with Crippen molar-refractivity contribution in [2.45, 2.75) is 10.7 Å². The standard InChI is InChI=1S/C11H8F2N2O4S/c12-11(13)20(18,19)9-4-2-1-3-8(9)15-6-5-7(14-15)10(16)17/h1-6,11H,(H,16,17). The van der Waals surface area contributed by atoms with E-state index >= 15 is 0 Å². The Morgan fingerprint density at radius 2 is 1.90 bits per heavy atom. The largest absolute Gasteiger partial charge is 0.476 e. The first-order valence-corrected chi connectivity index (χ1v) is 6.79. The van der Waals surface area contributed by atoms with Crippen molar-refractivity contribution in [1.82, 2.24) is 9.78 Å². The van der Waals surface area contributed by atoms with E-state index in [0.717, 1.165) is 16.8 Å². The number of benzene rings is 1. The number of sulfone groups is 1. The van der Waals surface area contributed by atoms with E-state index in [1.54, 1.807) is 0 Å². The van der Waals surface area contributed by atoms with Crippen LogP contribution in [0.25, 0.3) is 5.69 Å². The van der Waals surface area contributed by atoms with Crippen molar-refractivity contribution in [1.29, 1.82) is 0 Å². The van der Waals surface area contributed by atoms with Crippen LogP contribution in [0.4, 0.5) is 8.78 Å². The molecule has 6 nitrogen and oxygen atoms in total. The van der Waals surface area contributed by atoms with Crippen LogP contribution in [0.15, 0.2) is 41.4 Å². The van der Waals surface area contributed by atoms with Gasteiger partial charge < -0.3 is 5.11 Å². The van der Waals surface area contributed by atoms with Gasteiger partial charge in [0.1, 0.15) is 0 Å². The zero-order valence-corrected chi connectivity index (χ0v) is 10.6. The molecular weight excluding hydrogens is 294 g/mol. The molecular formula is C11H8F2N2O4S. The molecule has 0 radical (unpaired) electrons. The number of hydrogen-bond acceptors (Lipinski definition) is 4. The second-order valence-corrected chi connectivity index (χ2v) is 5.61. The Kier molecular flexibility index (Phi) is 3.53. The Hall–Kier alpha value is -2.29. The van der Waals surface area contributed by atoms with Gasteiger partial charge in [-0.2, -0.15) is 13.9 Å². The van der Waals surface area contributed by atoms with E-state index in [-0.39, 0.29) is 11.4 Å². The summed E-state index contributed by atoms with van der Waals surface area (Å²) in [6.45, 7) is 0. The van der Waals surface area contributed by atoms with Gasteiger partial charge in [-0.3, -0.25) is 0 Å². The maximum absolute atomic E-state index is 12.6. The first-order valence-electron chi connectivity index (χ1n) is 5.24. The molecule has 20 heavy (non-hydrogen) atoms. The van der Waals surface area contributed by atoms with Crippen molar-refractivity contribution in [2.24, 2.45) is 0 Å². The number of carboxylic acid groups (broad SMARTS) is 1. The average molecular weight is 302 g/mol. The number of hydrogen-bond donors (Lipinski definition) is 1. The van der Waals surface area contributed by atoms with Crippen LogP contribution in [-0.2, 0) is 9.84 Å². The lowest BCUT2D eigenvalue weighted by Gasteiger charge is -2.09. The SMILES string of the molecule is O=C(O)c1ccn(-c2ccccc2S(=O)(=O)C(F)F)n1. The van der Waals surface area contributed by atoms with Crippen LogP contribution >= 0.6 is 0 Å². The van der Waals surface area contributed by atoms with Crippen LogP contribution in [-0.4, -0.2) is 35.0 Å². The molecule has 1 heterocycles. The molecule has 0 bridgehead atoms. The normalized spacial score (nSPS) is 11.8. The van der Waals surface area contributed by atoms with Gasteiger partial charge in [-0.25, -0.2) is 17.9 Å². The van der Waals surface area contributed by atoms with Crippen LogP contribution < -0.4 is 0 Å². The molecule has 2 aromatic rings. The second-order valence-electron chi connectivity index (χ2n) is 3.72. The summed E-state index contributed by atoms with van der Waals surface area (Å²) in [5.41, 5.74) is -0.463. The summed E-state index contributed by atoms with van der Waals surface area (Å²) in [6, 6.07) is 6.13. The molecule has 0 aliphatic carbocycles. The number of halogens is 2. The summed E-state index contributed by atoms with van der Waals surface area (Å²) in [6.07, 6.45) is 1.18. The summed E-state index contributed by atoms with van der Waals surface area (Å²) in [7, 11) is -4.81. The van der Waals surface area contributed by atoms with Gasteiger partial charge in [0, 0.05) is 6.20 Å². The number of para-hydroxylation sites is 1. The number of carboxylic acids is 1. The fourth-order valence-corrected chi connectivity index (χ4v) is 2.47. The third-order valence-electron chi connectivity index (χ3n) is 2.46. The van der Waals surface area contributed by atoms with Crippen LogP contribution in [0.1, 0.15) is 10.5 Å². The first-order chi connectivity index (χ1) is 9.34. The summed E-state index contributed by atoms with van der Waals surface area (Å²) < 4.78 is 49.3. The molecule has 0 aliphatic heterocycles. The van der Waals surface area contributed by atoms with Crippen molar-refractivity contribution in [3.8, 4) is 5.69 Å². The predicted molar refractivity (Wildman–Crippen MR) is 63.7 cm³/mol. The van der Waals surface area contributed by atoms with Gasteiger partial charge in [0.05, 0.1) is 10.6 Å². The van der Waals surface area contributed by atoms with Crippen molar-refractivity contribution >= 4 is 15.8 Å². The quantitative estimate of drug-likeness (QED) is 0.926. The molecule has 1 aromatic carbocycles. The highest BCUT2D eigenvalue weighted by molar-refractivity contribution is 7.91. The van der Waals surface area contributed by atoms with Crippen molar-refractivity contribution in [3.05, 3.63) is 42.2 Å². The molecule has 1 aromatic heterocycles. The molecule has 0 amide bonds. The van der Waals surface area contributed by atoms with Gasteiger partial charge in [0.15, 0.2) is 5.69 Å². The van der Waals surface area contributed by atoms with Gasteiger partial charge in [-0.1, -0.05) is 12.1 Å². The van der Waals surface area contributed by atoms with E-state index in [2.05, 4.69) is 5.10 Å². The molecule has 0 saturated heterocycles. The zero-order valence-electron chi connectivity index (χ0n) is 9.77. The average Bonchev–Trinajstić information content (AvgIpc) is 2.88. The molecule has 2 rings (SSSR count). The topological polar surface area (TPSA) is 89.3 Å². The highest BCUT2D eigenvalue weighted by Gasteiger charge is 2.29. The predicted octanol–water partition coefficient (Wildman–Crippen LogP) is 1.57. The first kappa shape index (κ1) is 14.1. The van der Waals surface area contributed by atoms with Crippen LogP contribution in [0.5, 0.6) is 0 Å². The zero-order chi connectivity index (χ0) is 14.9. The van der Waals surface area contributed by atoms with Crippen molar-refractivity contribution in [2.75, 3.05) is 0 Å². The van der Waals surface area contributed by atoms with Crippen LogP contribution in [0.3, 0.4) is 0 Å². The van der Waals surface area contributed by atoms with Gasteiger partial charge >= 0.3 is 11.7 Å². The van der Waals surface area contributed by atoms with Gasteiger partial charge in [-0.15, -0.1) is 0 Å². The smallest absolute Gasteiger partial charge is 0.356 e. The maximum Gasteiger partial charge on any atom is 0.356 e. The van der Waals surface area contributed by atoms with E-state index in [9.17, 15) is 22.0 Å². The van der Waals surface area contributed by atoms with Gasteiger partial charge in [0.2, 0.25) is 9.84 Å².